The predicted molar refractivity (Wildman–Crippen MR) is 80.0 cm³/mol. The number of aliphatic carboxylic acids is 1. The van der Waals surface area contributed by atoms with Crippen LogP contribution in [0.25, 0.3) is 10.2 Å². The van der Waals surface area contributed by atoms with E-state index in [4.69, 9.17) is 0 Å². The zero-order chi connectivity index (χ0) is 14.6. The highest BCUT2D eigenvalue weighted by Gasteiger charge is 2.36. The number of aromatic nitrogens is 2. The van der Waals surface area contributed by atoms with Crippen LogP contribution >= 0.6 is 11.3 Å². The second kappa shape index (κ2) is 4.66. The van der Waals surface area contributed by atoms with Crippen LogP contribution in [0.3, 0.4) is 0 Å². The molecule has 5 nitrogen and oxygen atoms in total. The number of carboxylic acid groups (broad SMARTS) is 1. The van der Waals surface area contributed by atoms with Gasteiger partial charge >= 0.3 is 5.97 Å². The van der Waals surface area contributed by atoms with Gasteiger partial charge in [-0.3, -0.25) is 9.59 Å². The molecule has 0 saturated heterocycles. The summed E-state index contributed by atoms with van der Waals surface area (Å²) in [5.74, 6) is -0.791. The van der Waals surface area contributed by atoms with Gasteiger partial charge in [-0.2, -0.15) is 0 Å². The summed E-state index contributed by atoms with van der Waals surface area (Å²) in [7, 11) is 0. The van der Waals surface area contributed by atoms with E-state index in [9.17, 15) is 14.7 Å². The lowest BCUT2D eigenvalue weighted by molar-refractivity contribution is -0.142. The van der Waals surface area contributed by atoms with Crippen molar-refractivity contribution in [3.8, 4) is 0 Å². The van der Waals surface area contributed by atoms with Crippen LogP contribution in [0.15, 0.2) is 4.79 Å². The van der Waals surface area contributed by atoms with Gasteiger partial charge in [0.25, 0.3) is 5.56 Å². The van der Waals surface area contributed by atoms with Gasteiger partial charge in [0.05, 0.1) is 11.3 Å². The Balaban J connectivity index is 1.84. The molecule has 2 heterocycles. The van der Waals surface area contributed by atoms with E-state index in [2.05, 4.69) is 9.97 Å². The molecule has 0 aliphatic heterocycles. The zero-order valence-corrected chi connectivity index (χ0v) is 12.3. The van der Waals surface area contributed by atoms with Gasteiger partial charge in [0.1, 0.15) is 10.7 Å². The molecule has 0 unspecified atom stereocenters. The van der Waals surface area contributed by atoms with E-state index in [1.807, 2.05) is 0 Å². The number of thiophene rings is 1. The van der Waals surface area contributed by atoms with Crippen molar-refractivity contribution in [2.24, 2.45) is 5.92 Å². The molecule has 0 radical (unpaired) electrons. The van der Waals surface area contributed by atoms with Gasteiger partial charge < -0.3 is 10.1 Å². The van der Waals surface area contributed by atoms with Crippen molar-refractivity contribution in [3.05, 3.63) is 26.6 Å². The van der Waals surface area contributed by atoms with Crippen LogP contribution in [-0.2, 0) is 17.6 Å². The summed E-state index contributed by atoms with van der Waals surface area (Å²) in [4.78, 5) is 33.3. The fraction of sp³-hybridized carbons (Fsp3) is 0.533. The van der Waals surface area contributed by atoms with E-state index in [-0.39, 0.29) is 11.5 Å². The van der Waals surface area contributed by atoms with Gasteiger partial charge in [0.15, 0.2) is 0 Å². The Morgan fingerprint density at radius 3 is 2.95 bits per heavy atom. The van der Waals surface area contributed by atoms with Crippen LogP contribution in [0, 0.1) is 5.92 Å². The van der Waals surface area contributed by atoms with Crippen LogP contribution in [0.4, 0.5) is 0 Å². The molecule has 0 spiro atoms. The zero-order valence-electron chi connectivity index (χ0n) is 11.5. The number of carbonyl (C=O) groups is 1. The maximum Gasteiger partial charge on any atom is 0.307 e. The van der Waals surface area contributed by atoms with Crippen LogP contribution in [-0.4, -0.2) is 21.0 Å². The van der Waals surface area contributed by atoms with Crippen LogP contribution in [0.2, 0.25) is 0 Å². The van der Waals surface area contributed by atoms with E-state index < -0.39 is 11.9 Å². The number of rotatable bonds is 2. The Labute approximate surface area is 125 Å². The summed E-state index contributed by atoms with van der Waals surface area (Å²) in [6.07, 6.45) is 5.44. The Bertz CT molecular complexity index is 792. The first-order valence-corrected chi connectivity index (χ1v) is 8.24. The molecule has 0 aromatic carbocycles. The van der Waals surface area contributed by atoms with Crippen molar-refractivity contribution in [1.82, 2.24) is 9.97 Å². The standard InChI is InChI=1S/C15H16N2O3S/c18-13-11-9-5-2-6-10(9)21-14(11)17-12(16-13)7-3-1-4-8(7)15(19)20/h7-8H,1-6H2,(H,19,20)(H,16,17,18)/t7-,8+/m1/s1. The molecule has 1 saturated carbocycles. The smallest absolute Gasteiger partial charge is 0.307 e. The third kappa shape index (κ3) is 1.92. The number of hydrogen-bond donors (Lipinski definition) is 2. The average molecular weight is 304 g/mol. The second-order valence-electron chi connectivity index (χ2n) is 5.97. The monoisotopic (exact) mass is 304 g/mol. The van der Waals surface area contributed by atoms with E-state index in [1.54, 1.807) is 11.3 Å². The quantitative estimate of drug-likeness (QED) is 0.892. The van der Waals surface area contributed by atoms with Gasteiger partial charge in [0, 0.05) is 10.8 Å². The van der Waals surface area contributed by atoms with Gasteiger partial charge in [-0.25, -0.2) is 4.98 Å². The maximum atomic E-state index is 12.4. The number of hydrogen-bond acceptors (Lipinski definition) is 4. The van der Waals surface area contributed by atoms with E-state index in [0.717, 1.165) is 47.9 Å². The minimum atomic E-state index is -0.783. The Kier molecular flexibility index (Phi) is 2.89. The normalized spacial score (nSPS) is 24.6. The molecule has 4 rings (SSSR count). The summed E-state index contributed by atoms with van der Waals surface area (Å²) in [5.41, 5.74) is 1.07. The molecule has 2 aromatic heterocycles. The van der Waals surface area contributed by atoms with Crippen molar-refractivity contribution < 1.29 is 9.90 Å². The van der Waals surface area contributed by atoms with Crippen molar-refractivity contribution >= 4 is 27.5 Å². The van der Waals surface area contributed by atoms with Gasteiger partial charge in [-0.05, 0) is 37.7 Å². The third-order valence-corrected chi connectivity index (χ3v) is 5.96. The highest BCUT2D eigenvalue weighted by molar-refractivity contribution is 7.18. The van der Waals surface area contributed by atoms with Crippen LogP contribution in [0.1, 0.15) is 47.9 Å². The number of nitrogens with one attached hydrogen (secondary N) is 1. The number of nitrogens with zero attached hydrogens (tertiary/aromatic N) is 1. The Morgan fingerprint density at radius 2 is 2.14 bits per heavy atom. The highest BCUT2D eigenvalue weighted by atomic mass is 32.1. The minimum Gasteiger partial charge on any atom is -0.481 e. The van der Waals surface area contributed by atoms with Crippen molar-refractivity contribution in [2.75, 3.05) is 0 Å². The highest BCUT2D eigenvalue weighted by Crippen LogP contribution is 2.40. The fourth-order valence-corrected chi connectivity index (χ4v) is 5.05. The Hall–Kier alpha value is -1.69. The Morgan fingerprint density at radius 1 is 1.29 bits per heavy atom. The van der Waals surface area contributed by atoms with Crippen LogP contribution < -0.4 is 5.56 Å². The van der Waals surface area contributed by atoms with Crippen molar-refractivity contribution in [2.45, 2.75) is 44.4 Å². The first-order valence-electron chi connectivity index (χ1n) is 7.42. The molecule has 110 valence electrons. The summed E-state index contributed by atoms with van der Waals surface area (Å²) in [6.45, 7) is 0. The first kappa shape index (κ1) is 13.0. The fourth-order valence-electron chi connectivity index (χ4n) is 3.78. The molecular formula is C15H16N2O3S. The molecule has 0 amide bonds. The number of aromatic amines is 1. The predicted octanol–water partition coefficient (Wildman–Crippen LogP) is 2.44. The molecule has 2 aliphatic rings. The molecule has 2 aromatic rings. The first-order chi connectivity index (χ1) is 10.1. The lowest BCUT2D eigenvalue weighted by atomic mass is 9.95. The van der Waals surface area contributed by atoms with E-state index in [1.165, 1.54) is 4.88 Å². The molecule has 2 aliphatic carbocycles. The molecule has 2 atom stereocenters. The number of carboxylic acids is 1. The SMILES string of the molecule is O=C(O)[C@H]1CCC[C@H]1c1nc2sc3c(c2c(=O)[nH]1)CCC3. The molecule has 1 fully saturated rings. The third-order valence-electron chi connectivity index (χ3n) is 4.78. The number of fused-ring (bicyclic) bond motifs is 3. The largest absolute Gasteiger partial charge is 0.481 e. The van der Waals surface area contributed by atoms with Crippen molar-refractivity contribution in [3.63, 3.8) is 0 Å². The summed E-state index contributed by atoms with van der Waals surface area (Å²) < 4.78 is 0. The minimum absolute atomic E-state index is 0.0922. The van der Waals surface area contributed by atoms with E-state index in [0.29, 0.717) is 12.2 Å². The molecule has 2 N–H and O–H groups in total. The number of H-pyrrole nitrogens is 1. The van der Waals surface area contributed by atoms with E-state index >= 15 is 0 Å². The average Bonchev–Trinajstić information content (AvgIpc) is 3.12. The summed E-state index contributed by atoms with van der Waals surface area (Å²) in [6, 6.07) is 0. The summed E-state index contributed by atoms with van der Waals surface area (Å²) in [5, 5.41) is 10.0. The second-order valence-corrected chi connectivity index (χ2v) is 7.05. The van der Waals surface area contributed by atoms with Crippen molar-refractivity contribution in [1.29, 1.82) is 0 Å². The van der Waals surface area contributed by atoms with Gasteiger partial charge in [-0.1, -0.05) is 6.42 Å². The maximum absolute atomic E-state index is 12.4. The molecule has 6 heteroatoms. The molecule has 21 heavy (non-hydrogen) atoms. The lowest BCUT2D eigenvalue weighted by Gasteiger charge is -2.14. The molecule has 0 bridgehead atoms. The van der Waals surface area contributed by atoms with Gasteiger partial charge in [-0.15, -0.1) is 11.3 Å². The number of aryl methyl sites for hydroxylation is 2. The lowest BCUT2D eigenvalue weighted by Crippen LogP contribution is -2.21. The van der Waals surface area contributed by atoms with Gasteiger partial charge in [0.2, 0.25) is 0 Å². The molecular weight excluding hydrogens is 288 g/mol. The summed E-state index contributed by atoms with van der Waals surface area (Å²) >= 11 is 1.60. The van der Waals surface area contributed by atoms with Crippen LogP contribution in [0.5, 0.6) is 0 Å². The topological polar surface area (TPSA) is 83.0 Å².